The standard InChI is InChI=1S/C15H18N2O2/c1-2-12-13(17-14(12)15(18)19)10-4-3-9-5-6-16-8-11(9)7-10/h2-4,7,12-14,16-17H,1,5-6,8H2,(H,18,19). The first-order chi connectivity index (χ1) is 9.20. The molecule has 1 saturated heterocycles. The topological polar surface area (TPSA) is 61.4 Å². The first kappa shape index (κ1) is 12.4. The molecule has 3 atom stereocenters. The molecule has 0 bridgehead atoms. The van der Waals surface area contributed by atoms with Crippen LogP contribution in [0.15, 0.2) is 30.9 Å². The summed E-state index contributed by atoms with van der Waals surface area (Å²) in [6, 6.07) is 6.04. The highest BCUT2D eigenvalue weighted by atomic mass is 16.4. The molecule has 3 rings (SSSR count). The summed E-state index contributed by atoms with van der Waals surface area (Å²) in [6.45, 7) is 5.69. The molecule has 0 aromatic heterocycles. The van der Waals surface area contributed by atoms with Crippen LogP contribution in [0, 0.1) is 5.92 Å². The minimum Gasteiger partial charge on any atom is -0.480 e. The molecule has 0 spiro atoms. The Balaban J connectivity index is 1.83. The minimum absolute atomic E-state index is 0.0351. The number of fused-ring (bicyclic) bond motifs is 1. The lowest BCUT2D eigenvalue weighted by atomic mass is 9.78. The molecule has 2 heterocycles. The predicted octanol–water partition coefficient (Wildman–Crippen LogP) is 1.23. The van der Waals surface area contributed by atoms with Crippen molar-refractivity contribution in [2.75, 3.05) is 6.54 Å². The van der Waals surface area contributed by atoms with Crippen molar-refractivity contribution in [1.82, 2.24) is 10.6 Å². The number of aliphatic carboxylic acids is 1. The Hall–Kier alpha value is -1.65. The van der Waals surface area contributed by atoms with Gasteiger partial charge in [-0.2, -0.15) is 0 Å². The Morgan fingerprint density at radius 3 is 3.00 bits per heavy atom. The van der Waals surface area contributed by atoms with E-state index in [4.69, 9.17) is 5.11 Å². The van der Waals surface area contributed by atoms with Gasteiger partial charge < -0.3 is 10.4 Å². The molecule has 1 fully saturated rings. The van der Waals surface area contributed by atoms with E-state index in [1.165, 1.54) is 11.1 Å². The van der Waals surface area contributed by atoms with E-state index in [-0.39, 0.29) is 12.0 Å². The summed E-state index contributed by atoms with van der Waals surface area (Å²) in [4.78, 5) is 11.0. The van der Waals surface area contributed by atoms with Crippen LogP contribution in [0.2, 0.25) is 0 Å². The number of carboxylic acid groups (broad SMARTS) is 1. The summed E-state index contributed by atoms with van der Waals surface area (Å²) in [5, 5.41) is 15.5. The summed E-state index contributed by atoms with van der Waals surface area (Å²) >= 11 is 0. The van der Waals surface area contributed by atoms with E-state index in [0.29, 0.717) is 0 Å². The second-order valence-electron chi connectivity index (χ2n) is 5.23. The lowest BCUT2D eigenvalue weighted by molar-refractivity contribution is -0.144. The van der Waals surface area contributed by atoms with E-state index < -0.39 is 12.0 Å². The zero-order valence-corrected chi connectivity index (χ0v) is 10.7. The van der Waals surface area contributed by atoms with Crippen molar-refractivity contribution in [2.45, 2.75) is 25.0 Å². The molecule has 4 heteroatoms. The summed E-state index contributed by atoms with van der Waals surface area (Å²) in [5.74, 6) is -0.840. The Morgan fingerprint density at radius 1 is 1.42 bits per heavy atom. The van der Waals surface area contributed by atoms with Gasteiger partial charge >= 0.3 is 5.97 Å². The Labute approximate surface area is 112 Å². The molecule has 1 aromatic rings. The van der Waals surface area contributed by atoms with Gasteiger partial charge in [-0.25, -0.2) is 0 Å². The van der Waals surface area contributed by atoms with E-state index in [1.54, 1.807) is 6.08 Å². The first-order valence-corrected chi connectivity index (χ1v) is 6.64. The lowest BCUT2D eigenvalue weighted by Crippen LogP contribution is -2.58. The van der Waals surface area contributed by atoms with Gasteiger partial charge in [0.25, 0.3) is 0 Å². The Bertz CT molecular complexity index is 527. The number of carboxylic acids is 1. The van der Waals surface area contributed by atoms with Gasteiger partial charge in [0.1, 0.15) is 6.04 Å². The molecule has 2 aliphatic rings. The second-order valence-corrected chi connectivity index (χ2v) is 5.23. The molecule has 19 heavy (non-hydrogen) atoms. The average Bonchev–Trinajstić information content (AvgIpc) is 2.37. The zero-order chi connectivity index (χ0) is 13.4. The van der Waals surface area contributed by atoms with E-state index in [0.717, 1.165) is 25.1 Å². The molecular weight excluding hydrogens is 240 g/mol. The number of hydrogen-bond acceptors (Lipinski definition) is 3. The Morgan fingerprint density at radius 2 is 2.26 bits per heavy atom. The maximum absolute atomic E-state index is 11.0. The third-order valence-electron chi connectivity index (χ3n) is 4.14. The van der Waals surface area contributed by atoms with Crippen molar-refractivity contribution in [2.24, 2.45) is 5.92 Å². The summed E-state index contributed by atoms with van der Waals surface area (Å²) in [7, 11) is 0. The van der Waals surface area contributed by atoms with Gasteiger partial charge in [0.2, 0.25) is 0 Å². The molecule has 1 aromatic carbocycles. The highest BCUT2D eigenvalue weighted by Crippen LogP contribution is 2.36. The van der Waals surface area contributed by atoms with Gasteiger partial charge in [-0.3, -0.25) is 10.1 Å². The predicted molar refractivity (Wildman–Crippen MR) is 72.8 cm³/mol. The van der Waals surface area contributed by atoms with Gasteiger partial charge in [-0.15, -0.1) is 6.58 Å². The van der Waals surface area contributed by atoms with E-state index in [1.807, 2.05) is 0 Å². The molecule has 0 aliphatic carbocycles. The maximum Gasteiger partial charge on any atom is 0.321 e. The zero-order valence-electron chi connectivity index (χ0n) is 10.7. The minimum atomic E-state index is -0.805. The smallest absolute Gasteiger partial charge is 0.321 e. The SMILES string of the molecule is C=CC1C(C(=O)O)NC1c1ccc2c(c1)CNCC2. The molecule has 2 aliphatic heterocycles. The van der Waals surface area contributed by atoms with Crippen LogP contribution in [0.5, 0.6) is 0 Å². The number of rotatable bonds is 3. The van der Waals surface area contributed by atoms with Crippen molar-refractivity contribution < 1.29 is 9.90 Å². The molecule has 0 radical (unpaired) electrons. The van der Waals surface area contributed by atoms with Gasteiger partial charge in [0, 0.05) is 18.5 Å². The molecular formula is C15H18N2O2. The number of hydrogen-bond donors (Lipinski definition) is 3. The van der Waals surface area contributed by atoms with Gasteiger partial charge in [-0.05, 0) is 29.7 Å². The van der Waals surface area contributed by atoms with Gasteiger partial charge in [-0.1, -0.05) is 24.3 Å². The highest BCUT2D eigenvalue weighted by molar-refractivity contribution is 5.76. The van der Waals surface area contributed by atoms with Crippen LogP contribution < -0.4 is 10.6 Å². The number of carbonyl (C=O) groups is 1. The highest BCUT2D eigenvalue weighted by Gasteiger charge is 2.43. The van der Waals surface area contributed by atoms with Crippen molar-refractivity contribution in [1.29, 1.82) is 0 Å². The van der Waals surface area contributed by atoms with Crippen LogP contribution in [0.3, 0.4) is 0 Å². The quantitative estimate of drug-likeness (QED) is 0.714. The van der Waals surface area contributed by atoms with Crippen LogP contribution in [-0.4, -0.2) is 23.7 Å². The van der Waals surface area contributed by atoms with E-state index in [9.17, 15) is 4.79 Å². The number of benzene rings is 1. The third-order valence-corrected chi connectivity index (χ3v) is 4.14. The van der Waals surface area contributed by atoms with Crippen LogP contribution in [0.1, 0.15) is 22.7 Å². The van der Waals surface area contributed by atoms with E-state index >= 15 is 0 Å². The first-order valence-electron chi connectivity index (χ1n) is 6.64. The fraction of sp³-hybridized carbons (Fsp3) is 0.400. The third kappa shape index (κ3) is 2.07. The average molecular weight is 258 g/mol. The summed E-state index contributed by atoms with van der Waals surface area (Å²) in [6.07, 6.45) is 2.81. The van der Waals surface area contributed by atoms with Gasteiger partial charge in [0.05, 0.1) is 0 Å². The maximum atomic E-state index is 11.0. The molecule has 0 saturated carbocycles. The van der Waals surface area contributed by atoms with Crippen LogP contribution in [-0.2, 0) is 17.8 Å². The summed E-state index contributed by atoms with van der Waals surface area (Å²) < 4.78 is 0. The normalized spacial score (nSPS) is 29.2. The molecule has 3 N–H and O–H groups in total. The second kappa shape index (κ2) is 4.79. The van der Waals surface area contributed by atoms with Crippen LogP contribution in [0.4, 0.5) is 0 Å². The molecule has 0 amide bonds. The number of nitrogens with one attached hydrogen (secondary N) is 2. The molecule has 100 valence electrons. The van der Waals surface area contributed by atoms with Gasteiger partial charge in [0.15, 0.2) is 0 Å². The summed E-state index contributed by atoms with van der Waals surface area (Å²) in [5.41, 5.74) is 3.88. The Kier molecular flexibility index (Phi) is 3.12. The van der Waals surface area contributed by atoms with Crippen molar-refractivity contribution >= 4 is 5.97 Å². The molecule has 4 nitrogen and oxygen atoms in total. The fourth-order valence-electron chi connectivity index (χ4n) is 3.01. The molecule has 3 unspecified atom stereocenters. The fourth-order valence-corrected chi connectivity index (χ4v) is 3.01. The van der Waals surface area contributed by atoms with Crippen molar-refractivity contribution in [3.05, 3.63) is 47.5 Å². The lowest BCUT2D eigenvalue weighted by Gasteiger charge is -2.42. The van der Waals surface area contributed by atoms with E-state index in [2.05, 4.69) is 35.4 Å². The van der Waals surface area contributed by atoms with Crippen LogP contribution in [0.25, 0.3) is 0 Å². The van der Waals surface area contributed by atoms with Crippen molar-refractivity contribution in [3.63, 3.8) is 0 Å². The largest absolute Gasteiger partial charge is 0.480 e. The van der Waals surface area contributed by atoms with Crippen molar-refractivity contribution in [3.8, 4) is 0 Å². The van der Waals surface area contributed by atoms with Crippen LogP contribution >= 0.6 is 0 Å². The monoisotopic (exact) mass is 258 g/mol.